The van der Waals surface area contributed by atoms with Crippen LogP contribution in [0.15, 0.2) is 40.5 Å². The molecule has 6 nitrogen and oxygen atoms in total. The Kier molecular flexibility index (Phi) is 5.44. The zero-order valence-electron chi connectivity index (χ0n) is 12.5. The van der Waals surface area contributed by atoms with Crippen LogP contribution in [0.1, 0.15) is 6.42 Å². The Morgan fingerprint density at radius 1 is 1.43 bits per heavy atom. The third-order valence-electron chi connectivity index (χ3n) is 3.58. The summed E-state index contributed by atoms with van der Waals surface area (Å²) in [6.07, 6.45) is 1.90. The van der Waals surface area contributed by atoms with Gasteiger partial charge in [-0.15, -0.1) is 0 Å². The number of nitrogens with one attached hydrogen (secondary N) is 1. The molecule has 0 spiro atoms. The molecule has 1 aromatic carbocycles. The number of carbonyl (C=O) groups is 1. The molecule has 1 amide bonds. The zero-order valence-corrected chi connectivity index (χ0v) is 14.9. The number of amides is 1. The number of anilines is 1. The summed E-state index contributed by atoms with van der Waals surface area (Å²) in [6, 6.07) is 8.63. The Morgan fingerprint density at radius 3 is 2.61 bits per heavy atom. The minimum Gasteiger partial charge on any atom is -0.375 e. The van der Waals surface area contributed by atoms with Crippen LogP contribution in [0.4, 0.5) is 5.69 Å². The third kappa shape index (κ3) is 4.81. The van der Waals surface area contributed by atoms with E-state index in [4.69, 9.17) is 0 Å². The van der Waals surface area contributed by atoms with Crippen molar-refractivity contribution in [2.45, 2.75) is 12.5 Å². The lowest BCUT2D eigenvalue weighted by molar-refractivity contribution is -0.112. The molecule has 1 saturated heterocycles. The first-order chi connectivity index (χ1) is 10.8. The average molecular weight is 398 g/mol. The van der Waals surface area contributed by atoms with Gasteiger partial charge in [-0.25, -0.2) is 8.42 Å². The fourth-order valence-corrected chi connectivity index (χ4v) is 4.33. The maximum atomic E-state index is 12.1. The van der Waals surface area contributed by atoms with Gasteiger partial charge in [-0.3, -0.25) is 4.79 Å². The largest absolute Gasteiger partial charge is 0.375 e. The lowest BCUT2D eigenvalue weighted by Crippen LogP contribution is -2.29. The predicted octanol–water partition coefficient (Wildman–Crippen LogP) is 1.91. The second kappa shape index (κ2) is 7.15. The van der Waals surface area contributed by atoms with E-state index in [1.807, 2.05) is 6.07 Å². The Morgan fingerprint density at radius 2 is 2.09 bits per heavy atom. The molecule has 1 unspecified atom stereocenters. The van der Waals surface area contributed by atoms with Crippen molar-refractivity contribution in [2.24, 2.45) is 0 Å². The molecule has 1 aromatic rings. The summed E-state index contributed by atoms with van der Waals surface area (Å²) in [5.41, 5.74) is 0.505. The molecule has 8 heteroatoms. The van der Waals surface area contributed by atoms with Gasteiger partial charge in [-0.05, 0) is 30.7 Å². The molecule has 2 rings (SSSR count). The van der Waals surface area contributed by atoms with Crippen molar-refractivity contribution in [3.63, 3.8) is 0 Å². The molecule has 0 saturated carbocycles. The van der Waals surface area contributed by atoms with Crippen molar-refractivity contribution in [3.05, 3.63) is 40.5 Å². The molecular formula is C15H16BrN3O3S. The number of hydrogen-bond donors (Lipinski definition) is 1. The van der Waals surface area contributed by atoms with Gasteiger partial charge in [-0.2, -0.15) is 5.26 Å². The number of carbonyl (C=O) groups excluding carboxylic acids is 1. The number of hydrogen-bond acceptors (Lipinski definition) is 5. The van der Waals surface area contributed by atoms with E-state index in [0.717, 1.165) is 4.47 Å². The molecular weight excluding hydrogens is 382 g/mol. The fourth-order valence-electron chi connectivity index (χ4n) is 2.28. The van der Waals surface area contributed by atoms with E-state index < -0.39 is 15.7 Å². The summed E-state index contributed by atoms with van der Waals surface area (Å²) in [5.74, 6) is -0.335. The van der Waals surface area contributed by atoms with Crippen molar-refractivity contribution < 1.29 is 13.2 Å². The number of halogens is 1. The Balaban J connectivity index is 2.07. The first-order valence-corrected chi connectivity index (χ1v) is 9.53. The van der Waals surface area contributed by atoms with Crippen LogP contribution in [0.3, 0.4) is 0 Å². The quantitative estimate of drug-likeness (QED) is 0.618. The molecule has 1 aliphatic heterocycles. The Bertz CT molecular complexity index is 766. The summed E-state index contributed by atoms with van der Waals surface area (Å²) >= 11 is 3.30. The second-order valence-corrected chi connectivity index (χ2v) is 8.48. The predicted molar refractivity (Wildman–Crippen MR) is 91.3 cm³/mol. The van der Waals surface area contributed by atoms with Gasteiger partial charge in [0.25, 0.3) is 5.91 Å². The molecule has 1 atom stereocenters. The number of nitriles is 1. The molecule has 122 valence electrons. The lowest BCUT2D eigenvalue weighted by atomic mass is 10.2. The standard InChI is InChI=1S/C15H16BrN3O3S/c1-19(14-6-7-23(21,22)10-14)9-11(8-17)15(20)18-13-4-2-12(16)3-5-13/h2-5,9,14H,6-7,10H2,1H3,(H,18,20)/b11-9-. The highest BCUT2D eigenvalue weighted by Crippen LogP contribution is 2.18. The lowest BCUT2D eigenvalue weighted by Gasteiger charge is -2.21. The first kappa shape index (κ1) is 17.5. The van der Waals surface area contributed by atoms with E-state index in [1.54, 1.807) is 36.2 Å². The summed E-state index contributed by atoms with van der Waals surface area (Å²) < 4.78 is 23.9. The second-order valence-electron chi connectivity index (χ2n) is 5.34. The van der Waals surface area contributed by atoms with Crippen LogP contribution in [0.25, 0.3) is 0 Å². The molecule has 1 aliphatic rings. The van der Waals surface area contributed by atoms with E-state index in [-0.39, 0.29) is 23.1 Å². The van der Waals surface area contributed by atoms with Gasteiger partial charge in [0.15, 0.2) is 9.84 Å². The van der Waals surface area contributed by atoms with Crippen molar-refractivity contribution >= 4 is 37.4 Å². The van der Waals surface area contributed by atoms with Gasteiger partial charge in [0.1, 0.15) is 11.6 Å². The number of rotatable bonds is 4. The van der Waals surface area contributed by atoms with E-state index in [2.05, 4.69) is 21.2 Å². The molecule has 1 heterocycles. The van der Waals surface area contributed by atoms with Gasteiger partial charge in [-0.1, -0.05) is 15.9 Å². The summed E-state index contributed by atoms with van der Waals surface area (Å²) in [7, 11) is -1.34. The van der Waals surface area contributed by atoms with E-state index >= 15 is 0 Å². The maximum Gasteiger partial charge on any atom is 0.267 e. The van der Waals surface area contributed by atoms with Crippen molar-refractivity contribution in [3.8, 4) is 6.07 Å². The zero-order chi connectivity index (χ0) is 17.0. The van der Waals surface area contributed by atoms with Crippen LogP contribution in [0.2, 0.25) is 0 Å². The minimum atomic E-state index is -3.01. The van der Waals surface area contributed by atoms with Crippen LogP contribution >= 0.6 is 15.9 Å². The van der Waals surface area contributed by atoms with Crippen molar-refractivity contribution in [1.29, 1.82) is 5.26 Å². The monoisotopic (exact) mass is 397 g/mol. The highest BCUT2D eigenvalue weighted by Gasteiger charge is 2.30. The molecule has 1 fully saturated rings. The molecule has 1 N–H and O–H groups in total. The molecule has 0 aliphatic carbocycles. The SMILES string of the molecule is CN(/C=C(/C#N)C(=O)Nc1ccc(Br)cc1)C1CCS(=O)(=O)C1. The molecule has 0 radical (unpaired) electrons. The smallest absolute Gasteiger partial charge is 0.267 e. The van der Waals surface area contributed by atoms with Crippen LogP contribution in [-0.4, -0.2) is 43.8 Å². The minimum absolute atomic E-state index is 0.0487. The average Bonchev–Trinajstić information content (AvgIpc) is 2.87. The van der Waals surface area contributed by atoms with Crippen LogP contribution in [0, 0.1) is 11.3 Å². The maximum absolute atomic E-state index is 12.1. The van der Waals surface area contributed by atoms with E-state index in [9.17, 15) is 18.5 Å². The number of sulfone groups is 1. The first-order valence-electron chi connectivity index (χ1n) is 6.92. The van der Waals surface area contributed by atoms with E-state index in [0.29, 0.717) is 12.1 Å². The van der Waals surface area contributed by atoms with Crippen molar-refractivity contribution in [2.75, 3.05) is 23.9 Å². The highest BCUT2D eigenvalue weighted by molar-refractivity contribution is 9.10. The number of nitrogens with zero attached hydrogens (tertiary/aromatic N) is 2. The van der Waals surface area contributed by atoms with Gasteiger partial charge in [0, 0.05) is 29.4 Å². The Hall–Kier alpha value is -1.85. The van der Waals surface area contributed by atoms with Gasteiger partial charge >= 0.3 is 0 Å². The normalized spacial score (nSPS) is 19.9. The third-order valence-corrected chi connectivity index (χ3v) is 5.86. The fraction of sp³-hybridized carbons (Fsp3) is 0.333. The van der Waals surface area contributed by atoms with Gasteiger partial charge in [0.2, 0.25) is 0 Å². The molecule has 0 bridgehead atoms. The summed E-state index contributed by atoms with van der Waals surface area (Å²) in [6.45, 7) is 0. The van der Waals surface area contributed by atoms with Gasteiger partial charge < -0.3 is 10.2 Å². The number of benzene rings is 1. The molecule has 0 aromatic heterocycles. The van der Waals surface area contributed by atoms with Crippen LogP contribution < -0.4 is 5.32 Å². The van der Waals surface area contributed by atoms with E-state index in [1.165, 1.54) is 6.20 Å². The highest BCUT2D eigenvalue weighted by atomic mass is 79.9. The van der Waals surface area contributed by atoms with Crippen LogP contribution in [-0.2, 0) is 14.6 Å². The Labute approximate surface area is 143 Å². The van der Waals surface area contributed by atoms with Gasteiger partial charge in [0.05, 0.1) is 11.5 Å². The van der Waals surface area contributed by atoms with Crippen molar-refractivity contribution in [1.82, 2.24) is 4.90 Å². The molecule has 23 heavy (non-hydrogen) atoms. The summed E-state index contributed by atoms with van der Waals surface area (Å²) in [4.78, 5) is 13.8. The van der Waals surface area contributed by atoms with Crippen LogP contribution in [0.5, 0.6) is 0 Å². The summed E-state index contributed by atoms with van der Waals surface area (Å²) in [5, 5.41) is 11.8. The topological polar surface area (TPSA) is 90.3 Å².